The molecule has 0 spiro atoms. The van der Waals surface area contributed by atoms with E-state index in [4.69, 9.17) is 11.6 Å². The van der Waals surface area contributed by atoms with Crippen LogP contribution in [-0.4, -0.2) is 61.4 Å². The van der Waals surface area contributed by atoms with Gasteiger partial charge in [-0.25, -0.2) is 0 Å². The minimum Gasteiger partial charge on any atom is -0.342 e. The van der Waals surface area contributed by atoms with E-state index in [1.165, 1.54) is 0 Å². The van der Waals surface area contributed by atoms with Crippen molar-refractivity contribution in [1.82, 2.24) is 15.1 Å². The van der Waals surface area contributed by atoms with Crippen molar-refractivity contribution in [2.45, 2.75) is 25.7 Å². The molecule has 0 saturated carbocycles. The van der Waals surface area contributed by atoms with Gasteiger partial charge in [0.15, 0.2) is 0 Å². The SMILES string of the molecule is CNCC1CCN(C(=O)C2CCCN(C(=O)c3ccc(Cl)cc3)C2)CC1. The Morgan fingerprint density at radius 3 is 2.42 bits per heavy atom. The zero-order chi connectivity index (χ0) is 18.5. The van der Waals surface area contributed by atoms with E-state index in [9.17, 15) is 9.59 Å². The van der Waals surface area contributed by atoms with Crippen molar-refractivity contribution in [1.29, 1.82) is 0 Å². The third-order valence-corrected chi connectivity index (χ3v) is 5.82. The molecule has 1 N–H and O–H groups in total. The predicted molar refractivity (Wildman–Crippen MR) is 103 cm³/mol. The van der Waals surface area contributed by atoms with Gasteiger partial charge >= 0.3 is 0 Å². The number of halogens is 1. The molecule has 5 nitrogen and oxygen atoms in total. The first-order chi connectivity index (χ1) is 12.6. The lowest BCUT2D eigenvalue weighted by Crippen LogP contribution is -2.49. The van der Waals surface area contributed by atoms with Gasteiger partial charge in [0.05, 0.1) is 5.92 Å². The molecular formula is C20H28ClN3O2. The summed E-state index contributed by atoms with van der Waals surface area (Å²) < 4.78 is 0. The smallest absolute Gasteiger partial charge is 0.253 e. The van der Waals surface area contributed by atoms with Gasteiger partial charge in [-0.2, -0.15) is 0 Å². The van der Waals surface area contributed by atoms with Gasteiger partial charge in [-0.05, 0) is 69.5 Å². The summed E-state index contributed by atoms with van der Waals surface area (Å²) in [4.78, 5) is 29.5. The third-order valence-electron chi connectivity index (χ3n) is 5.57. The third kappa shape index (κ3) is 4.57. The average Bonchev–Trinajstić information content (AvgIpc) is 2.68. The maximum absolute atomic E-state index is 12.9. The zero-order valence-electron chi connectivity index (χ0n) is 15.4. The second-order valence-corrected chi connectivity index (χ2v) is 7.86. The highest BCUT2D eigenvalue weighted by Gasteiger charge is 2.33. The second-order valence-electron chi connectivity index (χ2n) is 7.42. The molecule has 2 saturated heterocycles. The lowest BCUT2D eigenvalue weighted by molar-refractivity contribution is -0.138. The normalized spacial score (nSPS) is 21.7. The van der Waals surface area contributed by atoms with Gasteiger partial charge in [0, 0.05) is 36.8 Å². The number of hydrogen-bond acceptors (Lipinski definition) is 3. The number of rotatable bonds is 4. The second kappa shape index (κ2) is 8.87. The van der Waals surface area contributed by atoms with Gasteiger partial charge in [-0.3, -0.25) is 9.59 Å². The Labute approximate surface area is 160 Å². The van der Waals surface area contributed by atoms with Crippen molar-refractivity contribution in [3.63, 3.8) is 0 Å². The van der Waals surface area contributed by atoms with E-state index in [0.29, 0.717) is 23.0 Å². The Kier molecular flexibility index (Phi) is 6.54. The van der Waals surface area contributed by atoms with Crippen LogP contribution in [-0.2, 0) is 4.79 Å². The molecule has 142 valence electrons. The number of carbonyl (C=O) groups excluding carboxylic acids is 2. The van der Waals surface area contributed by atoms with Crippen molar-refractivity contribution < 1.29 is 9.59 Å². The topological polar surface area (TPSA) is 52.7 Å². The first kappa shape index (κ1) is 19.2. The summed E-state index contributed by atoms with van der Waals surface area (Å²) in [6.45, 7) is 3.95. The Hall–Kier alpha value is -1.59. The Balaban J connectivity index is 1.57. The van der Waals surface area contributed by atoms with Crippen molar-refractivity contribution in [2.24, 2.45) is 11.8 Å². The van der Waals surface area contributed by atoms with Gasteiger partial charge in [-0.15, -0.1) is 0 Å². The molecule has 3 rings (SSSR count). The van der Waals surface area contributed by atoms with Crippen LogP contribution < -0.4 is 5.32 Å². The van der Waals surface area contributed by atoms with Crippen LogP contribution in [0.5, 0.6) is 0 Å². The monoisotopic (exact) mass is 377 g/mol. The van der Waals surface area contributed by atoms with Crippen LogP contribution in [0.4, 0.5) is 0 Å². The Morgan fingerprint density at radius 1 is 1.08 bits per heavy atom. The van der Waals surface area contributed by atoms with Crippen LogP contribution in [0.15, 0.2) is 24.3 Å². The predicted octanol–water partition coefficient (Wildman–Crippen LogP) is 2.65. The van der Waals surface area contributed by atoms with E-state index in [2.05, 4.69) is 5.32 Å². The highest BCUT2D eigenvalue weighted by Crippen LogP contribution is 2.24. The van der Waals surface area contributed by atoms with Gasteiger partial charge in [0.25, 0.3) is 5.91 Å². The summed E-state index contributed by atoms with van der Waals surface area (Å²) >= 11 is 5.90. The summed E-state index contributed by atoms with van der Waals surface area (Å²) in [6, 6.07) is 6.97. The summed E-state index contributed by atoms with van der Waals surface area (Å²) in [5.41, 5.74) is 0.635. The van der Waals surface area contributed by atoms with Crippen molar-refractivity contribution in [3.8, 4) is 0 Å². The maximum Gasteiger partial charge on any atom is 0.253 e. The molecule has 2 aliphatic rings. The molecule has 2 fully saturated rings. The highest BCUT2D eigenvalue weighted by atomic mass is 35.5. The molecule has 1 atom stereocenters. The van der Waals surface area contributed by atoms with Gasteiger partial charge in [0.2, 0.25) is 5.91 Å². The number of benzene rings is 1. The summed E-state index contributed by atoms with van der Waals surface area (Å²) in [5, 5.41) is 3.85. The average molecular weight is 378 g/mol. The first-order valence-electron chi connectivity index (χ1n) is 9.56. The standard InChI is InChI=1S/C20H28ClN3O2/c1-22-13-15-8-11-23(12-9-15)20(26)17-3-2-10-24(14-17)19(25)16-4-6-18(21)7-5-16/h4-7,15,17,22H,2-3,8-14H2,1H3. The van der Waals surface area contributed by atoms with Crippen LogP contribution in [0.3, 0.4) is 0 Å². The van der Waals surface area contributed by atoms with E-state index >= 15 is 0 Å². The number of nitrogens with zero attached hydrogens (tertiary/aromatic N) is 2. The molecular weight excluding hydrogens is 350 g/mol. The zero-order valence-corrected chi connectivity index (χ0v) is 16.2. The van der Waals surface area contributed by atoms with E-state index in [1.807, 2.05) is 16.8 Å². The van der Waals surface area contributed by atoms with Crippen LogP contribution in [0.2, 0.25) is 5.02 Å². The van der Waals surface area contributed by atoms with Crippen LogP contribution in [0, 0.1) is 11.8 Å². The number of piperidine rings is 2. The largest absolute Gasteiger partial charge is 0.342 e. The number of amides is 2. The number of hydrogen-bond donors (Lipinski definition) is 1. The van der Waals surface area contributed by atoms with Crippen molar-refractivity contribution in [2.75, 3.05) is 39.8 Å². The van der Waals surface area contributed by atoms with E-state index in [1.54, 1.807) is 24.3 Å². The van der Waals surface area contributed by atoms with E-state index in [0.717, 1.165) is 51.9 Å². The molecule has 26 heavy (non-hydrogen) atoms. The molecule has 1 aromatic rings. The number of likely N-dealkylation sites (tertiary alicyclic amines) is 2. The number of carbonyl (C=O) groups is 2. The minimum absolute atomic E-state index is 0.00750. The fourth-order valence-corrected chi connectivity index (χ4v) is 4.17. The quantitative estimate of drug-likeness (QED) is 0.877. The fraction of sp³-hybridized carbons (Fsp3) is 0.600. The number of nitrogens with one attached hydrogen (secondary N) is 1. The molecule has 2 heterocycles. The first-order valence-corrected chi connectivity index (χ1v) is 9.94. The van der Waals surface area contributed by atoms with Crippen LogP contribution in [0.1, 0.15) is 36.0 Å². The molecule has 6 heteroatoms. The van der Waals surface area contributed by atoms with E-state index in [-0.39, 0.29) is 17.7 Å². The lowest BCUT2D eigenvalue weighted by Gasteiger charge is -2.38. The van der Waals surface area contributed by atoms with Crippen LogP contribution >= 0.6 is 11.6 Å². The Bertz CT molecular complexity index is 626. The summed E-state index contributed by atoms with van der Waals surface area (Å²) in [6.07, 6.45) is 3.88. The van der Waals surface area contributed by atoms with Crippen LogP contribution in [0.25, 0.3) is 0 Å². The Morgan fingerprint density at radius 2 is 1.77 bits per heavy atom. The summed E-state index contributed by atoms with van der Waals surface area (Å²) in [5.74, 6) is 0.813. The molecule has 2 amide bonds. The molecule has 1 aromatic carbocycles. The van der Waals surface area contributed by atoms with Crippen molar-refractivity contribution >= 4 is 23.4 Å². The molecule has 1 unspecified atom stereocenters. The maximum atomic E-state index is 12.9. The molecule has 0 aromatic heterocycles. The van der Waals surface area contributed by atoms with Gasteiger partial charge in [-0.1, -0.05) is 11.6 Å². The van der Waals surface area contributed by atoms with Gasteiger partial charge < -0.3 is 15.1 Å². The highest BCUT2D eigenvalue weighted by molar-refractivity contribution is 6.30. The minimum atomic E-state index is -0.0687. The molecule has 0 radical (unpaired) electrons. The lowest BCUT2D eigenvalue weighted by atomic mass is 9.92. The molecule has 2 aliphatic heterocycles. The summed E-state index contributed by atoms with van der Waals surface area (Å²) in [7, 11) is 1.98. The van der Waals surface area contributed by atoms with Gasteiger partial charge in [0.1, 0.15) is 0 Å². The van der Waals surface area contributed by atoms with E-state index < -0.39 is 0 Å². The molecule has 0 aliphatic carbocycles. The van der Waals surface area contributed by atoms with Crippen molar-refractivity contribution in [3.05, 3.63) is 34.9 Å². The molecule has 0 bridgehead atoms. The fourth-order valence-electron chi connectivity index (χ4n) is 4.04.